The Balaban J connectivity index is 2.14. The number of alkyl halides is 3. The van der Waals surface area contributed by atoms with Gasteiger partial charge in [-0.1, -0.05) is 18.2 Å². The lowest BCUT2D eigenvalue weighted by atomic mass is 10.1. The van der Waals surface area contributed by atoms with Gasteiger partial charge in [0, 0.05) is 23.2 Å². The first kappa shape index (κ1) is 13.8. The van der Waals surface area contributed by atoms with Crippen LogP contribution in [0.1, 0.15) is 30.0 Å². The van der Waals surface area contributed by atoms with Crippen molar-refractivity contribution in [3.63, 3.8) is 0 Å². The van der Waals surface area contributed by atoms with Crippen molar-refractivity contribution in [2.45, 2.75) is 24.9 Å². The van der Waals surface area contributed by atoms with Gasteiger partial charge in [0.1, 0.15) is 5.82 Å². The van der Waals surface area contributed by atoms with Gasteiger partial charge in [-0.3, -0.25) is 0 Å². The molecule has 0 spiro atoms. The Bertz CT molecular complexity index is 666. The minimum Gasteiger partial charge on any atom is -0.308 e. The van der Waals surface area contributed by atoms with Crippen LogP contribution in [0.5, 0.6) is 0 Å². The summed E-state index contributed by atoms with van der Waals surface area (Å²) in [5.74, 6) is 6.00. The maximum Gasteiger partial charge on any atom is 0.417 e. The van der Waals surface area contributed by atoms with Crippen LogP contribution in [0.25, 0.3) is 11.4 Å². The summed E-state index contributed by atoms with van der Waals surface area (Å²) in [5.41, 5.74) is 2.33. The molecule has 0 bridgehead atoms. The highest BCUT2D eigenvalue weighted by molar-refractivity contribution is 5.63. The molecule has 3 rings (SSSR count). The molecular formula is C14H13F3N4. The van der Waals surface area contributed by atoms with Gasteiger partial charge >= 0.3 is 6.18 Å². The number of halogens is 3. The van der Waals surface area contributed by atoms with Crippen molar-refractivity contribution in [2.75, 3.05) is 5.43 Å². The summed E-state index contributed by atoms with van der Waals surface area (Å²) in [5, 5.41) is 0. The van der Waals surface area contributed by atoms with Gasteiger partial charge in [-0.05, 0) is 18.9 Å². The smallest absolute Gasteiger partial charge is 0.308 e. The Hall–Kier alpha value is -2.15. The monoisotopic (exact) mass is 294 g/mol. The van der Waals surface area contributed by atoms with Crippen molar-refractivity contribution in [1.29, 1.82) is 0 Å². The van der Waals surface area contributed by atoms with Gasteiger partial charge in [0.15, 0.2) is 5.82 Å². The maximum absolute atomic E-state index is 13.1. The van der Waals surface area contributed by atoms with Crippen LogP contribution in [0.3, 0.4) is 0 Å². The lowest BCUT2D eigenvalue weighted by Gasteiger charge is -2.13. The molecule has 2 aromatic rings. The molecule has 4 nitrogen and oxygen atoms in total. The van der Waals surface area contributed by atoms with E-state index in [4.69, 9.17) is 5.84 Å². The largest absolute Gasteiger partial charge is 0.417 e. The number of nitrogens with two attached hydrogens (primary N) is 1. The van der Waals surface area contributed by atoms with Gasteiger partial charge in [0.05, 0.1) is 5.56 Å². The van der Waals surface area contributed by atoms with Crippen LogP contribution in [0, 0.1) is 0 Å². The molecule has 1 saturated carbocycles. The molecule has 0 atom stereocenters. The molecule has 21 heavy (non-hydrogen) atoms. The third-order valence-electron chi connectivity index (χ3n) is 3.36. The molecule has 1 aromatic heterocycles. The molecule has 1 aliphatic rings. The number of nitrogen functional groups attached to an aromatic ring is 1. The summed E-state index contributed by atoms with van der Waals surface area (Å²) >= 11 is 0. The molecule has 0 amide bonds. The Morgan fingerprint density at radius 3 is 2.48 bits per heavy atom. The van der Waals surface area contributed by atoms with Crippen LogP contribution in [-0.4, -0.2) is 9.97 Å². The zero-order valence-corrected chi connectivity index (χ0v) is 11.0. The molecule has 1 aliphatic carbocycles. The average Bonchev–Trinajstić information content (AvgIpc) is 3.30. The summed E-state index contributed by atoms with van der Waals surface area (Å²) < 4.78 is 39.3. The number of rotatable bonds is 3. The lowest BCUT2D eigenvalue weighted by molar-refractivity contribution is -0.137. The van der Waals surface area contributed by atoms with Crippen LogP contribution in [-0.2, 0) is 6.18 Å². The number of hydrazine groups is 1. The van der Waals surface area contributed by atoms with Gasteiger partial charge < -0.3 is 5.43 Å². The lowest BCUT2D eigenvalue weighted by Crippen LogP contribution is -2.12. The first-order valence-electron chi connectivity index (χ1n) is 6.51. The zero-order valence-electron chi connectivity index (χ0n) is 11.0. The van der Waals surface area contributed by atoms with E-state index in [1.54, 1.807) is 6.07 Å². The zero-order chi connectivity index (χ0) is 15.0. The summed E-state index contributed by atoms with van der Waals surface area (Å²) in [7, 11) is 0. The molecule has 1 fully saturated rings. The van der Waals surface area contributed by atoms with E-state index in [1.807, 2.05) is 0 Å². The maximum atomic E-state index is 13.1. The molecule has 110 valence electrons. The van der Waals surface area contributed by atoms with E-state index < -0.39 is 11.7 Å². The number of benzene rings is 1. The number of anilines is 1. The van der Waals surface area contributed by atoms with E-state index in [9.17, 15) is 13.2 Å². The van der Waals surface area contributed by atoms with E-state index in [1.165, 1.54) is 18.2 Å². The molecule has 0 radical (unpaired) electrons. The molecule has 0 saturated heterocycles. The summed E-state index contributed by atoms with van der Waals surface area (Å²) in [6, 6.07) is 6.96. The van der Waals surface area contributed by atoms with Crippen LogP contribution >= 0.6 is 0 Å². The minimum atomic E-state index is -4.45. The van der Waals surface area contributed by atoms with Crippen LogP contribution in [0.15, 0.2) is 30.3 Å². The second-order valence-electron chi connectivity index (χ2n) is 4.96. The number of hydrogen-bond acceptors (Lipinski definition) is 4. The van der Waals surface area contributed by atoms with Gasteiger partial charge in [0.2, 0.25) is 0 Å². The second-order valence-corrected chi connectivity index (χ2v) is 4.96. The third kappa shape index (κ3) is 2.82. The Morgan fingerprint density at radius 1 is 1.14 bits per heavy atom. The second kappa shape index (κ2) is 5.00. The summed E-state index contributed by atoms with van der Waals surface area (Å²) in [4.78, 5) is 8.34. The van der Waals surface area contributed by atoms with Gasteiger partial charge in [-0.15, -0.1) is 0 Å². The Kier molecular flexibility index (Phi) is 3.29. The first-order valence-corrected chi connectivity index (χ1v) is 6.51. The molecule has 0 unspecified atom stereocenters. The van der Waals surface area contributed by atoms with Gasteiger partial charge in [0.25, 0.3) is 0 Å². The number of hydrogen-bond donors (Lipinski definition) is 2. The molecule has 7 heteroatoms. The SMILES string of the molecule is NNc1cc(C2CC2)nc(-c2ccccc2C(F)(F)F)n1. The first-order chi connectivity index (χ1) is 9.99. The highest BCUT2D eigenvalue weighted by Crippen LogP contribution is 2.41. The topological polar surface area (TPSA) is 63.8 Å². The molecule has 3 N–H and O–H groups in total. The van der Waals surface area contributed by atoms with Crippen molar-refractivity contribution in [1.82, 2.24) is 9.97 Å². The fraction of sp³-hybridized carbons (Fsp3) is 0.286. The average molecular weight is 294 g/mol. The minimum absolute atomic E-state index is 0.0380. The quantitative estimate of drug-likeness (QED) is 0.673. The van der Waals surface area contributed by atoms with Crippen molar-refractivity contribution < 1.29 is 13.2 Å². The third-order valence-corrected chi connectivity index (χ3v) is 3.36. The van der Waals surface area contributed by atoms with Crippen molar-refractivity contribution in [3.05, 3.63) is 41.6 Å². The fourth-order valence-corrected chi connectivity index (χ4v) is 2.17. The molecule has 1 aromatic carbocycles. The fourth-order valence-electron chi connectivity index (χ4n) is 2.17. The predicted octanol–water partition coefficient (Wildman–Crippen LogP) is 3.33. The standard InChI is InChI=1S/C14H13F3N4/c15-14(16,17)10-4-2-1-3-9(10)13-19-11(8-5-6-8)7-12(20-13)21-18/h1-4,7-8H,5-6,18H2,(H,19,20,21). The van der Waals surface area contributed by atoms with Crippen LogP contribution in [0.2, 0.25) is 0 Å². The van der Waals surface area contributed by atoms with Crippen LogP contribution in [0.4, 0.5) is 19.0 Å². The predicted molar refractivity (Wildman–Crippen MR) is 72.3 cm³/mol. The van der Waals surface area contributed by atoms with E-state index in [0.29, 0.717) is 5.82 Å². The Morgan fingerprint density at radius 2 is 1.86 bits per heavy atom. The Labute approximate surface area is 119 Å². The van der Waals surface area contributed by atoms with Crippen LogP contribution < -0.4 is 11.3 Å². The van der Waals surface area contributed by atoms with E-state index in [2.05, 4.69) is 15.4 Å². The van der Waals surface area contributed by atoms with Gasteiger partial charge in [-0.25, -0.2) is 15.8 Å². The summed E-state index contributed by atoms with van der Waals surface area (Å²) in [6.45, 7) is 0. The van der Waals surface area contributed by atoms with E-state index in [-0.39, 0.29) is 17.3 Å². The number of nitrogens with zero attached hydrogens (tertiary/aromatic N) is 2. The van der Waals surface area contributed by atoms with Crippen molar-refractivity contribution in [3.8, 4) is 11.4 Å². The van der Waals surface area contributed by atoms with E-state index in [0.717, 1.165) is 24.6 Å². The summed E-state index contributed by atoms with van der Waals surface area (Å²) in [6.07, 6.45) is -2.48. The number of nitrogens with one attached hydrogen (secondary N) is 1. The molecule has 0 aliphatic heterocycles. The van der Waals surface area contributed by atoms with Crippen molar-refractivity contribution in [2.24, 2.45) is 5.84 Å². The molecule has 1 heterocycles. The normalized spacial score (nSPS) is 15.0. The highest BCUT2D eigenvalue weighted by Gasteiger charge is 2.34. The van der Waals surface area contributed by atoms with Crippen molar-refractivity contribution >= 4 is 5.82 Å². The number of aromatic nitrogens is 2. The van der Waals surface area contributed by atoms with Gasteiger partial charge in [-0.2, -0.15) is 13.2 Å². The highest BCUT2D eigenvalue weighted by atomic mass is 19.4. The molecular weight excluding hydrogens is 281 g/mol. The van der Waals surface area contributed by atoms with E-state index >= 15 is 0 Å².